The maximum Gasteiger partial charge on any atom is 4.00 e. The minimum Gasteiger partial charge on any atom is -0.478 e. The van der Waals surface area contributed by atoms with Gasteiger partial charge in [0, 0.05) is 0 Å². The van der Waals surface area contributed by atoms with Gasteiger partial charge in [0.1, 0.15) is 0 Å². The van der Waals surface area contributed by atoms with E-state index in [1.165, 1.54) is 24.3 Å². The molecule has 0 aliphatic rings. The Hall–Kier alpha value is -0.381. The molecule has 0 radical (unpaired) electrons. The zero-order valence-corrected chi connectivity index (χ0v) is 15.5. The first-order chi connectivity index (χ1) is 5.61. The first-order valence-electron chi connectivity index (χ1n) is 3.18. The van der Waals surface area contributed by atoms with Crippen molar-refractivity contribution >= 4 is 46.7 Å². The van der Waals surface area contributed by atoms with Gasteiger partial charge in [-0.3, -0.25) is 0 Å². The topological polar surface area (TPSA) is 327 Å². The van der Waals surface area contributed by atoms with Crippen molar-refractivity contribution in [1.82, 2.24) is 0 Å². The van der Waals surface area contributed by atoms with Crippen LogP contribution in [0, 0.1) is 0 Å². The predicted molar refractivity (Wildman–Crippen MR) is 80.8 cm³/mol. The molecule has 0 bridgehead atoms. The number of carboxylic acid groups (broad SMARTS) is 2. The second-order valence-corrected chi connectivity index (χ2v) is 2.19. The summed E-state index contributed by atoms with van der Waals surface area (Å²) in [4.78, 5) is 20.7. The number of carboxylic acids is 2. The quantitative estimate of drug-likeness (QED) is 0.447. The number of carbonyl (C=O) groups is 2. The van der Waals surface area contributed by atoms with Crippen LogP contribution in [0.15, 0.2) is 24.3 Å². The summed E-state index contributed by atoms with van der Waals surface area (Å²) in [5.41, 5.74) is 0.167. The molecule has 23 heavy (non-hydrogen) atoms. The summed E-state index contributed by atoms with van der Waals surface area (Å²) in [5, 5.41) is 16.9. The van der Waals surface area contributed by atoms with E-state index < -0.39 is 11.9 Å². The molecule has 0 spiro atoms. The van der Waals surface area contributed by atoms with Gasteiger partial charge in [-0.05, 0) is 24.3 Å². The van der Waals surface area contributed by atoms with E-state index in [1.54, 1.807) is 0 Å². The minimum absolute atomic E-state index is 0. The molecule has 0 unspecified atom stereocenters. The van der Waals surface area contributed by atoms with Crippen LogP contribution in [0.5, 0.6) is 0 Å². The van der Waals surface area contributed by atoms with E-state index >= 15 is 0 Å². The fourth-order valence-corrected chi connectivity index (χ4v) is 0.755. The van der Waals surface area contributed by atoms with Crippen LogP contribution >= 0.6 is 0 Å². The average Bonchev–Trinajstić information content (AvgIpc) is 2.04. The Bertz CT molecular complexity index is 303. The van der Waals surface area contributed by atoms with E-state index in [4.69, 9.17) is 10.2 Å². The summed E-state index contributed by atoms with van der Waals surface area (Å²) in [6, 6.07) is 5.02. The molecule has 0 amide bonds. The molecule has 1 rings (SSSR count). The largest absolute Gasteiger partial charge is 4.00 e. The second kappa shape index (κ2) is 37.7. The van der Waals surface area contributed by atoms with Crippen molar-refractivity contribution in [1.29, 1.82) is 0 Å². The third kappa shape index (κ3) is 26.8. The van der Waals surface area contributed by atoms with E-state index in [1.807, 2.05) is 0 Å². The Morgan fingerprint density at radius 2 is 0.696 bits per heavy atom. The summed E-state index contributed by atoms with van der Waals surface area (Å²) in [5.74, 6) is -2.13. The third-order valence-corrected chi connectivity index (χ3v) is 1.38. The standard InChI is InChI=1S/C8H6O4.2Al.8H2O.Ti/c9-7(10)5-1-2-6(4-3-5)8(11)12;;;;;;;;;;;/h1-4H,(H,9,10)(H,11,12);;;8*1H2;/q;2*+3;;;;;;;;;+4. The SMILES string of the molecule is O.O.O.O.O.O.O.O.O=C(O)c1ccc(C(=O)O)cc1.[Al+3].[Al+3].[Ti+4]. The van der Waals surface area contributed by atoms with Gasteiger partial charge in [0.2, 0.25) is 0 Å². The van der Waals surface area contributed by atoms with E-state index in [9.17, 15) is 9.59 Å². The Balaban J connectivity index is -0.0000000145. The maximum atomic E-state index is 10.3. The zero-order chi connectivity index (χ0) is 9.14. The minimum atomic E-state index is -1.06. The van der Waals surface area contributed by atoms with Crippen LogP contribution in [0.1, 0.15) is 20.7 Å². The number of rotatable bonds is 2. The average molecular weight is 412 g/mol. The van der Waals surface area contributed by atoms with Crippen LogP contribution < -0.4 is 0 Å². The fourth-order valence-electron chi connectivity index (χ4n) is 0.755. The smallest absolute Gasteiger partial charge is 0.478 e. The summed E-state index contributed by atoms with van der Waals surface area (Å²) < 4.78 is 0. The first-order valence-corrected chi connectivity index (χ1v) is 3.18. The maximum absolute atomic E-state index is 10.3. The van der Waals surface area contributed by atoms with Crippen molar-refractivity contribution in [2.24, 2.45) is 0 Å². The van der Waals surface area contributed by atoms with Crippen LogP contribution in [0.2, 0.25) is 0 Å². The van der Waals surface area contributed by atoms with E-state index in [0.29, 0.717) is 0 Å². The van der Waals surface area contributed by atoms with Gasteiger partial charge in [-0.25, -0.2) is 9.59 Å². The molecule has 0 aromatic heterocycles. The van der Waals surface area contributed by atoms with Gasteiger partial charge in [-0.1, -0.05) is 0 Å². The fraction of sp³-hybridized carbons (Fsp3) is 0. The van der Waals surface area contributed by atoms with Gasteiger partial charge in [0.05, 0.1) is 11.1 Å². The normalized spacial score (nSPS) is 4.87. The van der Waals surface area contributed by atoms with Crippen molar-refractivity contribution < 1.29 is 85.3 Å². The van der Waals surface area contributed by atoms with E-state index in [0.717, 1.165) is 0 Å². The molecule has 15 heteroatoms. The molecule has 126 valence electrons. The van der Waals surface area contributed by atoms with E-state index in [2.05, 4.69) is 0 Å². The summed E-state index contributed by atoms with van der Waals surface area (Å²) in [6.45, 7) is 0. The molecule has 12 nitrogen and oxygen atoms in total. The van der Waals surface area contributed by atoms with Crippen LogP contribution in [-0.4, -0.2) is 101 Å². The molecule has 0 saturated heterocycles. The molecule has 0 fully saturated rings. The number of aromatic carboxylic acids is 2. The van der Waals surface area contributed by atoms with Crippen molar-refractivity contribution in [3.05, 3.63) is 35.4 Å². The van der Waals surface area contributed by atoms with Gasteiger partial charge in [-0.2, -0.15) is 0 Å². The number of benzene rings is 1. The summed E-state index contributed by atoms with van der Waals surface area (Å²) in [6.07, 6.45) is 0. The molecule has 18 N–H and O–H groups in total. The van der Waals surface area contributed by atoms with Crippen molar-refractivity contribution in [2.75, 3.05) is 0 Å². The second-order valence-electron chi connectivity index (χ2n) is 2.19. The molecule has 0 aliphatic carbocycles. The van der Waals surface area contributed by atoms with Crippen LogP contribution in [0.25, 0.3) is 0 Å². The Morgan fingerprint density at radius 1 is 0.565 bits per heavy atom. The molecule has 0 atom stereocenters. The van der Waals surface area contributed by atoms with Gasteiger partial charge < -0.3 is 54.0 Å². The molecule has 0 aliphatic heterocycles. The van der Waals surface area contributed by atoms with Gasteiger partial charge in [0.15, 0.2) is 0 Å². The molecule has 1 aromatic rings. The Morgan fingerprint density at radius 3 is 0.783 bits per heavy atom. The van der Waals surface area contributed by atoms with Gasteiger partial charge in [-0.15, -0.1) is 0 Å². The molecule has 0 saturated carbocycles. The van der Waals surface area contributed by atoms with Crippen LogP contribution in [0.3, 0.4) is 0 Å². The van der Waals surface area contributed by atoms with Crippen molar-refractivity contribution in [3.8, 4) is 0 Å². The Kier molecular flexibility index (Phi) is 128. The summed E-state index contributed by atoms with van der Waals surface area (Å²) >= 11 is 0. The third-order valence-electron chi connectivity index (χ3n) is 1.38. The van der Waals surface area contributed by atoms with Crippen LogP contribution in [-0.2, 0) is 21.7 Å². The first kappa shape index (κ1) is 78.3. The number of hydrogen-bond acceptors (Lipinski definition) is 2. The van der Waals surface area contributed by atoms with Gasteiger partial charge >= 0.3 is 68.4 Å². The summed E-state index contributed by atoms with van der Waals surface area (Å²) in [7, 11) is 0. The molecular weight excluding hydrogens is 390 g/mol. The molecular formula is C8H22Al2O12Ti+10. The van der Waals surface area contributed by atoms with Crippen molar-refractivity contribution in [2.45, 2.75) is 0 Å². The van der Waals surface area contributed by atoms with E-state index in [-0.39, 0.29) is 111 Å². The zero-order valence-electron chi connectivity index (χ0n) is 11.7. The number of hydrogen-bond donors (Lipinski definition) is 2. The molecule has 0 heterocycles. The molecule has 1 aromatic carbocycles. The monoisotopic (exact) mass is 412 g/mol. The van der Waals surface area contributed by atoms with Gasteiger partial charge in [0.25, 0.3) is 0 Å². The Labute approximate surface area is 167 Å². The predicted octanol–water partition coefficient (Wildman–Crippen LogP) is -6.28. The van der Waals surface area contributed by atoms with Crippen molar-refractivity contribution in [3.63, 3.8) is 0 Å². The van der Waals surface area contributed by atoms with Crippen LogP contribution in [0.4, 0.5) is 0 Å².